The number of hydrogen-bond acceptors (Lipinski definition) is 1. The molecule has 1 amide bonds. The molecule has 1 aliphatic carbocycles. The maximum Gasteiger partial charge on any atom is 0.255 e. The van der Waals surface area contributed by atoms with Crippen LogP contribution in [0, 0.1) is 9.49 Å². The van der Waals surface area contributed by atoms with E-state index in [1.54, 1.807) is 0 Å². The fraction of sp³-hybridized carbons (Fsp3) is 0.462. The lowest BCUT2D eigenvalue weighted by Gasteiger charge is -2.14. The van der Waals surface area contributed by atoms with Crippen molar-refractivity contribution >= 4 is 40.1 Å². The van der Waals surface area contributed by atoms with Gasteiger partial charge in [-0.25, -0.2) is 0 Å². The van der Waals surface area contributed by atoms with Gasteiger partial charge in [0.2, 0.25) is 0 Å². The number of amides is 1. The van der Waals surface area contributed by atoms with E-state index in [2.05, 4.69) is 22.6 Å². The van der Waals surface area contributed by atoms with Crippen LogP contribution in [0.1, 0.15) is 35.2 Å². The van der Waals surface area contributed by atoms with Gasteiger partial charge >= 0.3 is 0 Å². The maximum absolute atomic E-state index is 12.2. The van der Waals surface area contributed by atoms with E-state index in [0.29, 0.717) is 0 Å². The highest BCUT2D eigenvalue weighted by Gasteiger charge is 2.31. The molecule has 1 saturated carbocycles. The van der Waals surface area contributed by atoms with Crippen molar-refractivity contribution < 1.29 is 4.79 Å². The molecule has 4 heteroatoms. The SMILES string of the molecule is O=C1c2c(I)cc(Cl)cc2CN1CCC1CC1. The van der Waals surface area contributed by atoms with E-state index in [1.807, 2.05) is 17.0 Å². The minimum Gasteiger partial charge on any atom is -0.334 e. The summed E-state index contributed by atoms with van der Waals surface area (Å²) in [5.41, 5.74) is 1.95. The maximum atomic E-state index is 12.2. The Morgan fingerprint density at radius 2 is 2.18 bits per heavy atom. The molecule has 0 aromatic heterocycles. The van der Waals surface area contributed by atoms with Crippen LogP contribution in [-0.4, -0.2) is 17.4 Å². The molecular formula is C13H13ClINO. The number of carbonyl (C=O) groups excluding carboxylic acids is 1. The molecule has 0 radical (unpaired) electrons. The average Bonchev–Trinajstić information content (AvgIpc) is 3.01. The number of halogens is 2. The van der Waals surface area contributed by atoms with Gasteiger partial charge in [-0.3, -0.25) is 4.79 Å². The molecule has 1 aromatic rings. The zero-order chi connectivity index (χ0) is 12.0. The van der Waals surface area contributed by atoms with E-state index in [0.717, 1.165) is 45.1 Å². The highest BCUT2D eigenvalue weighted by atomic mass is 127. The summed E-state index contributed by atoms with van der Waals surface area (Å²) >= 11 is 8.23. The Hall–Kier alpha value is -0.290. The van der Waals surface area contributed by atoms with Crippen LogP contribution in [0.4, 0.5) is 0 Å². The largest absolute Gasteiger partial charge is 0.334 e. The van der Waals surface area contributed by atoms with Crippen LogP contribution in [0.2, 0.25) is 5.02 Å². The Bertz CT molecular complexity index is 485. The number of hydrogen-bond donors (Lipinski definition) is 0. The molecule has 2 aliphatic rings. The van der Waals surface area contributed by atoms with E-state index >= 15 is 0 Å². The molecule has 3 rings (SSSR count). The third kappa shape index (κ3) is 2.32. The summed E-state index contributed by atoms with van der Waals surface area (Å²) in [6.07, 6.45) is 3.85. The molecule has 0 saturated heterocycles. The molecular weight excluding hydrogens is 349 g/mol. The number of rotatable bonds is 3. The second-order valence-electron chi connectivity index (χ2n) is 4.88. The normalized spacial score (nSPS) is 18.7. The van der Waals surface area contributed by atoms with E-state index in [1.165, 1.54) is 12.8 Å². The summed E-state index contributed by atoms with van der Waals surface area (Å²) in [6, 6.07) is 3.79. The van der Waals surface area contributed by atoms with Crippen molar-refractivity contribution in [2.75, 3.05) is 6.54 Å². The van der Waals surface area contributed by atoms with Crippen LogP contribution in [0.5, 0.6) is 0 Å². The minimum atomic E-state index is 0.182. The van der Waals surface area contributed by atoms with Gasteiger partial charge in [0.25, 0.3) is 5.91 Å². The van der Waals surface area contributed by atoms with Crippen molar-refractivity contribution in [2.24, 2.45) is 5.92 Å². The molecule has 0 unspecified atom stereocenters. The Morgan fingerprint density at radius 1 is 1.41 bits per heavy atom. The molecule has 0 atom stereocenters. The van der Waals surface area contributed by atoms with E-state index in [9.17, 15) is 4.79 Å². The zero-order valence-electron chi connectivity index (χ0n) is 9.38. The van der Waals surface area contributed by atoms with Crippen LogP contribution in [0.15, 0.2) is 12.1 Å². The number of nitrogens with zero attached hydrogens (tertiary/aromatic N) is 1. The van der Waals surface area contributed by atoms with Crippen LogP contribution in [0.3, 0.4) is 0 Å². The molecule has 1 aromatic carbocycles. The van der Waals surface area contributed by atoms with Crippen molar-refractivity contribution in [3.8, 4) is 0 Å². The highest BCUT2D eigenvalue weighted by molar-refractivity contribution is 14.1. The lowest BCUT2D eigenvalue weighted by Crippen LogP contribution is -2.25. The van der Waals surface area contributed by atoms with Crippen molar-refractivity contribution in [1.82, 2.24) is 4.90 Å². The van der Waals surface area contributed by atoms with E-state index in [4.69, 9.17) is 11.6 Å². The van der Waals surface area contributed by atoms with Gasteiger partial charge in [0.1, 0.15) is 0 Å². The molecule has 1 aliphatic heterocycles. The van der Waals surface area contributed by atoms with Gasteiger partial charge in [0.05, 0.1) is 5.56 Å². The standard InChI is InChI=1S/C13H13ClINO/c14-10-5-9-7-16(4-3-8-1-2-8)13(17)12(9)11(15)6-10/h5-6,8H,1-4,7H2. The topological polar surface area (TPSA) is 20.3 Å². The van der Waals surface area contributed by atoms with Crippen LogP contribution >= 0.6 is 34.2 Å². The third-order valence-corrected chi connectivity index (χ3v) is 4.57. The Balaban J connectivity index is 1.81. The first-order valence-corrected chi connectivity index (χ1v) is 7.38. The fourth-order valence-electron chi connectivity index (χ4n) is 2.35. The first-order valence-electron chi connectivity index (χ1n) is 5.92. The highest BCUT2D eigenvalue weighted by Crippen LogP contribution is 2.35. The second kappa shape index (κ2) is 4.43. The minimum absolute atomic E-state index is 0.182. The summed E-state index contributed by atoms with van der Waals surface area (Å²) in [5, 5.41) is 0.727. The molecule has 1 heterocycles. The van der Waals surface area contributed by atoms with Crippen LogP contribution < -0.4 is 0 Å². The van der Waals surface area contributed by atoms with Crippen molar-refractivity contribution in [3.05, 3.63) is 31.9 Å². The summed E-state index contributed by atoms with van der Waals surface area (Å²) in [6.45, 7) is 1.63. The second-order valence-corrected chi connectivity index (χ2v) is 6.48. The first kappa shape index (κ1) is 11.8. The predicted octanol–water partition coefficient (Wildman–Crippen LogP) is 3.70. The Labute approximate surface area is 119 Å². The van der Waals surface area contributed by atoms with Gasteiger partial charge in [-0.2, -0.15) is 0 Å². The van der Waals surface area contributed by atoms with Gasteiger partial charge in [0, 0.05) is 21.7 Å². The van der Waals surface area contributed by atoms with Crippen molar-refractivity contribution in [3.63, 3.8) is 0 Å². The number of carbonyl (C=O) groups is 1. The van der Waals surface area contributed by atoms with E-state index in [-0.39, 0.29) is 5.91 Å². The Kier molecular flexibility index (Phi) is 3.07. The van der Waals surface area contributed by atoms with Crippen LogP contribution in [-0.2, 0) is 6.54 Å². The fourth-order valence-corrected chi connectivity index (χ4v) is 3.69. The smallest absolute Gasteiger partial charge is 0.255 e. The summed E-state index contributed by atoms with van der Waals surface area (Å²) in [4.78, 5) is 14.2. The molecule has 0 bridgehead atoms. The molecule has 17 heavy (non-hydrogen) atoms. The number of benzene rings is 1. The summed E-state index contributed by atoms with van der Waals surface area (Å²) in [7, 11) is 0. The lowest BCUT2D eigenvalue weighted by molar-refractivity contribution is 0.0773. The van der Waals surface area contributed by atoms with Crippen molar-refractivity contribution in [2.45, 2.75) is 25.8 Å². The first-order chi connectivity index (χ1) is 8.15. The van der Waals surface area contributed by atoms with Gasteiger partial charge in [-0.05, 0) is 52.6 Å². The van der Waals surface area contributed by atoms with Gasteiger partial charge in [-0.15, -0.1) is 0 Å². The molecule has 2 nitrogen and oxygen atoms in total. The molecule has 90 valence electrons. The zero-order valence-corrected chi connectivity index (χ0v) is 12.3. The third-order valence-electron chi connectivity index (χ3n) is 3.50. The van der Waals surface area contributed by atoms with E-state index < -0.39 is 0 Å². The molecule has 1 fully saturated rings. The number of fused-ring (bicyclic) bond motifs is 1. The Morgan fingerprint density at radius 3 is 2.88 bits per heavy atom. The predicted molar refractivity (Wildman–Crippen MR) is 76.3 cm³/mol. The molecule has 0 N–H and O–H groups in total. The quantitative estimate of drug-likeness (QED) is 0.752. The average molecular weight is 362 g/mol. The van der Waals surface area contributed by atoms with Gasteiger partial charge in [-0.1, -0.05) is 24.4 Å². The lowest BCUT2D eigenvalue weighted by atomic mass is 10.1. The van der Waals surface area contributed by atoms with Crippen molar-refractivity contribution in [1.29, 1.82) is 0 Å². The summed E-state index contributed by atoms with van der Waals surface area (Å²) in [5.74, 6) is 1.05. The van der Waals surface area contributed by atoms with Crippen LogP contribution in [0.25, 0.3) is 0 Å². The van der Waals surface area contributed by atoms with Gasteiger partial charge in [0.15, 0.2) is 0 Å². The molecule has 0 spiro atoms. The van der Waals surface area contributed by atoms with Gasteiger partial charge < -0.3 is 4.90 Å². The monoisotopic (exact) mass is 361 g/mol. The summed E-state index contributed by atoms with van der Waals surface area (Å²) < 4.78 is 0.976.